The normalized spacial score (nSPS) is 23.9. The van der Waals surface area contributed by atoms with Crippen LogP contribution in [0.25, 0.3) is 0 Å². The standard InChI is InChI=1S/C9H16NOS/c1-4-10-5-6-12-9(2,3)7-8(10)11/h7H,4-6H2,1-3H3. The minimum Gasteiger partial charge on any atom is -0.342 e. The van der Waals surface area contributed by atoms with Crippen molar-refractivity contribution in [1.29, 1.82) is 0 Å². The summed E-state index contributed by atoms with van der Waals surface area (Å²) >= 11 is 1.85. The molecule has 1 fully saturated rings. The molecule has 0 aliphatic carbocycles. The maximum atomic E-state index is 11.5. The summed E-state index contributed by atoms with van der Waals surface area (Å²) in [6.07, 6.45) is 1.83. The van der Waals surface area contributed by atoms with Gasteiger partial charge in [-0.25, -0.2) is 0 Å². The highest BCUT2D eigenvalue weighted by Gasteiger charge is 2.28. The third-order valence-electron chi connectivity index (χ3n) is 2.00. The van der Waals surface area contributed by atoms with Crippen LogP contribution < -0.4 is 0 Å². The van der Waals surface area contributed by atoms with Crippen molar-refractivity contribution in [2.75, 3.05) is 18.8 Å². The molecule has 1 radical (unpaired) electrons. The molecule has 1 aliphatic rings. The molecule has 1 heterocycles. The zero-order chi connectivity index (χ0) is 9.19. The first-order valence-corrected chi connectivity index (χ1v) is 5.32. The molecule has 0 N–H and O–H groups in total. The van der Waals surface area contributed by atoms with E-state index < -0.39 is 0 Å². The fourth-order valence-electron chi connectivity index (χ4n) is 1.27. The van der Waals surface area contributed by atoms with Crippen molar-refractivity contribution in [2.45, 2.75) is 25.5 Å². The molecule has 0 bridgehead atoms. The van der Waals surface area contributed by atoms with E-state index in [1.54, 1.807) is 0 Å². The molecule has 1 rings (SSSR count). The van der Waals surface area contributed by atoms with Crippen molar-refractivity contribution in [3.63, 3.8) is 0 Å². The molecule has 1 amide bonds. The van der Waals surface area contributed by atoms with E-state index in [1.807, 2.05) is 30.0 Å². The fraction of sp³-hybridized carbons (Fsp3) is 0.778. The van der Waals surface area contributed by atoms with Crippen LogP contribution in [0.3, 0.4) is 0 Å². The predicted octanol–water partition coefficient (Wildman–Crippen LogP) is 1.56. The number of hydrogen-bond acceptors (Lipinski definition) is 2. The minimum atomic E-state index is 0.0149. The number of hydrogen-bond donors (Lipinski definition) is 0. The van der Waals surface area contributed by atoms with Crippen LogP contribution >= 0.6 is 11.8 Å². The monoisotopic (exact) mass is 186 g/mol. The summed E-state index contributed by atoms with van der Waals surface area (Å²) in [7, 11) is 0. The van der Waals surface area contributed by atoms with Gasteiger partial charge < -0.3 is 4.90 Å². The Kier molecular flexibility index (Phi) is 3.04. The molecule has 1 saturated heterocycles. The highest BCUT2D eigenvalue weighted by atomic mass is 32.2. The fourth-order valence-corrected chi connectivity index (χ4v) is 2.30. The summed E-state index contributed by atoms with van der Waals surface area (Å²) in [5, 5.41) is 0. The Bertz CT molecular complexity index is 179. The van der Waals surface area contributed by atoms with Gasteiger partial charge in [0.15, 0.2) is 0 Å². The largest absolute Gasteiger partial charge is 0.342 e. The Hall–Kier alpha value is -0.180. The van der Waals surface area contributed by atoms with Gasteiger partial charge in [-0.05, 0) is 20.8 Å². The van der Waals surface area contributed by atoms with Crippen LogP contribution in [-0.2, 0) is 4.79 Å². The van der Waals surface area contributed by atoms with Gasteiger partial charge in [0.2, 0.25) is 5.91 Å². The summed E-state index contributed by atoms with van der Waals surface area (Å²) in [6, 6.07) is 0. The molecule has 0 aromatic heterocycles. The quantitative estimate of drug-likeness (QED) is 0.619. The molecular formula is C9H16NOS. The van der Waals surface area contributed by atoms with Gasteiger partial charge in [-0.1, -0.05) is 0 Å². The lowest BCUT2D eigenvalue weighted by atomic mass is 10.1. The lowest BCUT2D eigenvalue weighted by molar-refractivity contribution is -0.127. The van der Waals surface area contributed by atoms with Gasteiger partial charge in [0.1, 0.15) is 0 Å². The molecule has 0 aromatic carbocycles. The first-order valence-electron chi connectivity index (χ1n) is 4.34. The van der Waals surface area contributed by atoms with Gasteiger partial charge in [-0.15, -0.1) is 0 Å². The number of carbonyl (C=O) groups is 1. The van der Waals surface area contributed by atoms with Crippen molar-refractivity contribution in [3.05, 3.63) is 6.42 Å². The molecule has 12 heavy (non-hydrogen) atoms. The Morgan fingerprint density at radius 3 is 2.92 bits per heavy atom. The maximum absolute atomic E-state index is 11.5. The molecule has 2 nitrogen and oxygen atoms in total. The van der Waals surface area contributed by atoms with Gasteiger partial charge in [0.25, 0.3) is 0 Å². The molecule has 0 unspecified atom stereocenters. The van der Waals surface area contributed by atoms with Crippen LogP contribution in [-0.4, -0.2) is 34.4 Å². The third-order valence-corrected chi connectivity index (χ3v) is 3.25. The average Bonchev–Trinajstić information content (AvgIpc) is 2.07. The number of amides is 1. The van der Waals surface area contributed by atoms with E-state index in [-0.39, 0.29) is 10.7 Å². The van der Waals surface area contributed by atoms with Crippen molar-refractivity contribution in [1.82, 2.24) is 4.90 Å². The third kappa shape index (κ3) is 2.41. The van der Waals surface area contributed by atoms with Gasteiger partial charge in [0, 0.05) is 23.6 Å². The highest BCUT2D eigenvalue weighted by Crippen LogP contribution is 2.30. The van der Waals surface area contributed by atoms with E-state index in [1.165, 1.54) is 0 Å². The summed E-state index contributed by atoms with van der Waals surface area (Å²) in [5.41, 5.74) is 0. The van der Waals surface area contributed by atoms with E-state index in [2.05, 4.69) is 13.8 Å². The molecular weight excluding hydrogens is 170 g/mol. The SMILES string of the molecule is CCN1CCSC(C)(C)[CH]C1=O. The zero-order valence-electron chi connectivity index (χ0n) is 7.96. The van der Waals surface area contributed by atoms with Crippen LogP contribution in [0.5, 0.6) is 0 Å². The van der Waals surface area contributed by atoms with Gasteiger partial charge in [0.05, 0.1) is 6.42 Å². The molecule has 3 heteroatoms. The summed E-state index contributed by atoms with van der Waals surface area (Å²) in [5.74, 6) is 1.23. The van der Waals surface area contributed by atoms with E-state index in [9.17, 15) is 4.79 Å². The topological polar surface area (TPSA) is 20.3 Å². The predicted molar refractivity (Wildman–Crippen MR) is 53.1 cm³/mol. The van der Waals surface area contributed by atoms with E-state index in [0.717, 1.165) is 18.8 Å². The van der Waals surface area contributed by atoms with Gasteiger partial charge in [-0.3, -0.25) is 4.79 Å². The first kappa shape index (κ1) is 9.90. The number of rotatable bonds is 1. The number of carbonyl (C=O) groups excluding carboxylic acids is 1. The zero-order valence-corrected chi connectivity index (χ0v) is 8.78. The second-order valence-electron chi connectivity index (χ2n) is 3.51. The summed E-state index contributed by atoms with van der Waals surface area (Å²) < 4.78 is 0.0149. The van der Waals surface area contributed by atoms with Gasteiger partial charge >= 0.3 is 0 Å². The van der Waals surface area contributed by atoms with Crippen LogP contribution in [0.15, 0.2) is 0 Å². The summed E-state index contributed by atoms with van der Waals surface area (Å²) in [6.45, 7) is 7.92. The number of nitrogens with zero attached hydrogens (tertiary/aromatic N) is 1. The molecule has 0 atom stereocenters. The van der Waals surface area contributed by atoms with Crippen LogP contribution in [0.1, 0.15) is 20.8 Å². The Labute approximate surface area is 78.7 Å². The van der Waals surface area contributed by atoms with E-state index >= 15 is 0 Å². The van der Waals surface area contributed by atoms with Gasteiger partial charge in [-0.2, -0.15) is 11.8 Å². The lowest BCUT2D eigenvalue weighted by Crippen LogP contribution is -2.33. The summed E-state index contributed by atoms with van der Waals surface area (Å²) in [4.78, 5) is 13.4. The first-order chi connectivity index (χ1) is 5.55. The Morgan fingerprint density at radius 1 is 1.67 bits per heavy atom. The molecule has 69 valence electrons. The molecule has 1 aliphatic heterocycles. The maximum Gasteiger partial charge on any atom is 0.227 e. The van der Waals surface area contributed by atoms with Crippen molar-refractivity contribution in [2.24, 2.45) is 0 Å². The van der Waals surface area contributed by atoms with Crippen molar-refractivity contribution in [3.8, 4) is 0 Å². The van der Waals surface area contributed by atoms with Crippen molar-refractivity contribution < 1.29 is 4.79 Å². The minimum absolute atomic E-state index is 0.0149. The Morgan fingerprint density at radius 2 is 2.33 bits per heavy atom. The Balaban J connectivity index is 2.62. The molecule has 0 spiro atoms. The van der Waals surface area contributed by atoms with Crippen molar-refractivity contribution >= 4 is 17.7 Å². The smallest absolute Gasteiger partial charge is 0.227 e. The van der Waals surface area contributed by atoms with Crippen LogP contribution in [0.4, 0.5) is 0 Å². The van der Waals surface area contributed by atoms with Crippen LogP contribution in [0.2, 0.25) is 0 Å². The second-order valence-corrected chi connectivity index (χ2v) is 5.26. The average molecular weight is 186 g/mol. The van der Waals surface area contributed by atoms with Crippen LogP contribution in [0, 0.1) is 6.42 Å². The highest BCUT2D eigenvalue weighted by molar-refractivity contribution is 8.00. The van der Waals surface area contributed by atoms with E-state index in [4.69, 9.17) is 0 Å². The second kappa shape index (κ2) is 3.69. The van der Waals surface area contributed by atoms with E-state index in [0.29, 0.717) is 0 Å². The number of thioether (sulfide) groups is 1. The molecule has 0 aromatic rings. The molecule has 0 saturated carbocycles. The lowest BCUT2D eigenvalue weighted by Gasteiger charge is -2.20.